The molecule has 0 radical (unpaired) electrons. The van der Waals surface area contributed by atoms with E-state index in [9.17, 15) is 4.79 Å². The molecule has 0 aliphatic rings. The van der Waals surface area contributed by atoms with Crippen molar-refractivity contribution in [3.8, 4) is 0 Å². The Morgan fingerprint density at radius 2 is 1.33 bits per heavy atom. The molecule has 1 nitrogen and oxygen atoms in total. The second-order valence-corrected chi connectivity index (χ2v) is 6.13. The summed E-state index contributed by atoms with van der Waals surface area (Å²) in [6.07, 6.45) is 12.2. The van der Waals surface area contributed by atoms with E-state index in [0.29, 0.717) is 5.78 Å². The van der Waals surface area contributed by atoms with Gasteiger partial charge in [-0.25, -0.2) is 0 Å². The van der Waals surface area contributed by atoms with E-state index in [1.165, 1.54) is 51.4 Å². The van der Waals surface area contributed by atoms with Crippen molar-refractivity contribution in [2.75, 3.05) is 0 Å². The monoisotopic (exact) mass is 288 g/mol. The van der Waals surface area contributed by atoms with E-state index >= 15 is 0 Å². The fourth-order valence-electron chi connectivity index (χ4n) is 2.88. The van der Waals surface area contributed by atoms with Gasteiger partial charge < -0.3 is 0 Å². The summed E-state index contributed by atoms with van der Waals surface area (Å²) in [7, 11) is 0. The number of rotatable bonds is 12. The number of ketones is 1. The number of hydrogen-bond acceptors (Lipinski definition) is 1. The third kappa shape index (κ3) is 7.45. The molecule has 0 aromatic heterocycles. The largest absolute Gasteiger partial charge is 0.294 e. The first-order chi connectivity index (χ1) is 10.3. The van der Waals surface area contributed by atoms with Crippen LogP contribution in [0.1, 0.15) is 88.4 Å². The molecular weight excluding hydrogens is 256 g/mol. The smallest absolute Gasteiger partial charge is 0.165 e. The average molecular weight is 288 g/mol. The molecule has 0 saturated heterocycles. The van der Waals surface area contributed by atoms with Crippen LogP contribution in [-0.4, -0.2) is 5.78 Å². The Hall–Kier alpha value is -1.11. The zero-order chi connectivity index (χ0) is 15.3. The van der Waals surface area contributed by atoms with Crippen LogP contribution in [0.2, 0.25) is 0 Å². The molecule has 0 unspecified atom stereocenters. The van der Waals surface area contributed by atoms with Crippen LogP contribution in [0.5, 0.6) is 0 Å². The summed E-state index contributed by atoms with van der Waals surface area (Å²) in [4.78, 5) is 12.7. The van der Waals surface area contributed by atoms with Crippen molar-refractivity contribution in [1.82, 2.24) is 0 Å². The molecule has 0 atom stereocenters. The van der Waals surface area contributed by atoms with Gasteiger partial charge in [0.2, 0.25) is 0 Å². The molecule has 1 aromatic carbocycles. The molecule has 21 heavy (non-hydrogen) atoms. The topological polar surface area (TPSA) is 17.1 Å². The SMILES string of the molecule is CCCCCCC(CCCCCC)C(=O)c1ccccc1. The lowest BCUT2D eigenvalue weighted by molar-refractivity contribution is 0.0902. The number of carbonyl (C=O) groups excluding carboxylic acids is 1. The fraction of sp³-hybridized carbons (Fsp3) is 0.650. The van der Waals surface area contributed by atoms with E-state index in [2.05, 4.69) is 13.8 Å². The summed E-state index contributed by atoms with van der Waals surface area (Å²) in [6.45, 7) is 4.47. The lowest BCUT2D eigenvalue weighted by Crippen LogP contribution is -2.15. The Labute approximate surface area is 131 Å². The predicted molar refractivity (Wildman–Crippen MR) is 91.8 cm³/mol. The highest BCUT2D eigenvalue weighted by molar-refractivity contribution is 5.97. The van der Waals surface area contributed by atoms with Crippen LogP contribution in [0, 0.1) is 5.92 Å². The molecule has 1 rings (SSSR count). The predicted octanol–water partition coefficient (Wildman–Crippen LogP) is 6.43. The first-order valence-corrected chi connectivity index (χ1v) is 8.88. The molecule has 0 heterocycles. The normalized spacial score (nSPS) is 11.0. The Morgan fingerprint density at radius 3 is 1.81 bits per heavy atom. The van der Waals surface area contributed by atoms with Crippen molar-refractivity contribution in [1.29, 1.82) is 0 Å². The van der Waals surface area contributed by atoms with Crippen LogP contribution < -0.4 is 0 Å². The minimum Gasteiger partial charge on any atom is -0.294 e. The van der Waals surface area contributed by atoms with E-state index in [1.807, 2.05) is 30.3 Å². The minimum atomic E-state index is 0.237. The third-order valence-electron chi connectivity index (χ3n) is 4.24. The van der Waals surface area contributed by atoms with E-state index in [0.717, 1.165) is 18.4 Å². The summed E-state index contributed by atoms with van der Waals surface area (Å²) in [5, 5.41) is 0. The summed E-state index contributed by atoms with van der Waals surface area (Å²) in [5.41, 5.74) is 0.897. The van der Waals surface area contributed by atoms with Gasteiger partial charge in [-0.05, 0) is 12.8 Å². The molecule has 1 heteroatoms. The highest BCUT2D eigenvalue weighted by Gasteiger charge is 2.19. The first-order valence-electron chi connectivity index (χ1n) is 8.88. The van der Waals surface area contributed by atoms with Crippen molar-refractivity contribution in [2.24, 2.45) is 5.92 Å². The lowest BCUT2D eigenvalue weighted by Gasteiger charge is -2.16. The van der Waals surface area contributed by atoms with Crippen molar-refractivity contribution >= 4 is 5.78 Å². The van der Waals surface area contributed by atoms with E-state index in [-0.39, 0.29) is 5.92 Å². The second-order valence-electron chi connectivity index (χ2n) is 6.13. The Balaban J connectivity index is 2.51. The quantitative estimate of drug-likeness (QED) is 0.320. The van der Waals surface area contributed by atoms with Crippen LogP contribution in [0.15, 0.2) is 30.3 Å². The molecule has 0 saturated carbocycles. The lowest BCUT2D eigenvalue weighted by atomic mass is 9.88. The maximum atomic E-state index is 12.7. The molecule has 0 aliphatic heterocycles. The average Bonchev–Trinajstić information content (AvgIpc) is 2.53. The van der Waals surface area contributed by atoms with Gasteiger partial charge in [-0.1, -0.05) is 95.5 Å². The van der Waals surface area contributed by atoms with Gasteiger partial charge in [-0.2, -0.15) is 0 Å². The molecule has 0 amide bonds. The van der Waals surface area contributed by atoms with Gasteiger partial charge in [-0.15, -0.1) is 0 Å². The third-order valence-corrected chi connectivity index (χ3v) is 4.24. The summed E-state index contributed by atoms with van der Waals surface area (Å²) >= 11 is 0. The number of Topliss-reactive ketones (excluding diaryl/α,β-unsaturated/α-hetero) is 1. The Bertz CT molecular complexity index is 357. The van der Waals surface area contributed by atoms with Gasteiger partial charge in [0.15, 0.2) is 5.78 Å². The Kier molecular flexibility index (Phi) is 9.86. The van der Waals surface area contributed by atoms with Crippen molar-refractivity contribution in [2.45, 2.75) is 78.1 Å². The number of carbonyl (C=O) groups is 1. The molecule has 118 valence electrons. The molecule has 0 bridgehead atoms. The van der Waals surface area contributed by atoms with E-state index < -0.39 is 0 Å². The van der Waals surface area contributed by atoms with E-state index in [4.69, 9.17) is 0 Å². The van der Waals surface area contributed by atoms with Gasteiger partial charge in [0.25, 0.3) is 0 Å². The number of hydrogen-bond donors (Lipinski definition) is 0. The summed E-state index contributed by atoms with van der Waals surface area (Å²) in [6, 6.07) is 9.85. The van der Waals surface area contributed by atoms with Crippen LogP contribution in [-0.2, 0) is 0 Å². The maximum absolute atomic E-state index is 12.7. The van der Waals surface area contributed by atoms with Gasteiger partial charge in [0, 0.05) is 11.5 Å². The molecular formula is C20H32O. The number of benzene rings is 1. The zero-order valence-electron chi connectivity index (χ0n) is 13.9. The molecule has 0 N–H and O–H groups in total. The minimum absolute atomic E-state index is 0.237. The molecule has 0 fully saturated rings. The van der Waals surface area contributed by atoms with Crippen molar-refractivity contribution in [3.05, 3.63) is 35.9 Å². The van der Waals surface area contributed by atoms with Crippen LogP contribution in [0.3, 0.4) is 0 Å². The van der Waals surface area contributed by atoms with Gasteiger partial charge >= 0.3 is 0 Å². The van der Waals surface area contributed by atoms with E-state index in [1.54, 1.807) is 0 Å². The van der Waals surface area contributed by atoms with Gasteiger partial charge in [0.1, 0.15) is 0 Å². The molecule has 0 spiro atoms. The van der Waals surface area contributed by atoms with Crippen LogP contribution in [0.4, 0.5) is 0 Å². The van der Waals surface area contributed by atoms with Crippen molar-refractivity contribution in [3.63, 3.8) is 0 Å². The second kappa shape index (κ2) is 11.5. The van der Waals surface area contributed by atoms with Crippen molar-refractivity contribution < 1.29 is 4.79 Å². The summed E-state index contributed by atoms with van der Waals surface area (Å²) in [5.74, 6) is 0.602. The van der Waals surface area contributed by atoms with Crippen LogP contribution in [0.25, 0.3) is 0 Å². The zero-order valence-corrected chi connectivity index (χ0v) is 13.9. The fourth-order valence-corrected chi connectivity index (χ4v) is 2.88. The van der Waals surface area contributed by atoms with Crippen LogP contribution >= 0.6 is 0 Å². The molecule has 1 aromatic rings. The Morgan fingerprint density at radius 1 is 0.810 bits per heavy atom. The summed E-state index contributed by atoms with van der Waals surface area (Å²) < 4.78 is 0. The first kappa shape index (κ1) is 17.9. The highest BCUT2D eigenvalue weighted by atomic mass is 16.1. The van der Waals surface area contributed by atoms with Gasteiger partial charge in [-0.3, -0.25) is 4.79 Å². The molecule has 0 aliphatic carbocycles. The number of unbranched alkanes of at least 4 members (excludes halogenated alkanes) is 6. The highest BCUT2D eigenvalue weighted by Crippen LogP contribution is 2.22. The maximum Gasteiger partial charge on any atom is 0.165 e. The van der Waals surface area contributed by atoms with Gasteiger partial charge in [0.05, 0.1) is 0 Å². The standard InChI is InChI=1S/C20H32O/c1-3-5-7-10-14-18(15-11-8-6-4-2)20(21)19-16-12-9-13-17-19/h9,12-13,16-18H,3-8,10-11,14-15H2,1-2H3.